The van der Waals surface area contributed by atoms with Crippen molar-refractivity contribution in [1.29, 1.82) is 5.26 Å². The first-order valence-corrected chi connectivity index (χ1v) is 6.03. The lowest BCUT2D eigenvalue weighted by Crippen LogP contribution is -2.29. The largest absolute Gasteiger partial charge is 0.326 e. The standard InChI is InChI=1S/C14H19N3O/c1-11(2)17(3)8-7-14(18)16-13-6-4-5-12(9-13)10-15/h4-6,9,11H,7-8H2,1-3H3,(H,16,18). The molecule has 0 aliphatic heterocycles. The van der Waals surface area contributed by atoms with Crippen LogP contribution in [-0.4, -0.2) is 30.4 Å². The van der Waals surface area contributed by atoms with Gasteiger partial charge in [-0.3, -0.25) is 4.79 Å². The van der Waals surface area contributed by atoms with Crippen molar-refractivity contribution in [2.45, 2.75) is 26.3 Å². The molecule has 4 heteroatoms. The molecule has 1 aromatic rings. The van der Waals surface area contributed by atoms with Gasteiger partial charge in [-0.15, -0.1) is 0 Å². The van der Waals surface area contributed by atoms with E-state index in [4.69, 9.17) is 5.26 Å². The third-order valence-corrected chi connectivity index (χ3v) is 2.85. The molecule has 0 atom stereocenters. The maximum atomic E-state index is 11.7. The molecule has 1 amide bonds. The fraction of sp³-hybridized carbons (Fsp3) is 0.429. The molecule has 18 heavy (non-hydrogen) atoms. The number of anilines is 1. The molecule has 1 N–H and O–H groups in total. The summed E-state index contributed by atoms with van der Waals surface area (Å²) in [6.45, 7) is 4.91. The van der Waals surface area contributed by atoms with Crippen LogP contribution >= 0.6 is 0 Å². The second-order valence-corrected chi connectivity index (χ2v) is 4.57. The second-order valence-electron chi connectivity index (χ2n) is 4.57. The van der Waals surface area contributed by atoms with E-state index in [1.165, 1.54) is 0 Å². The summed E-state index contributed by atoms with van der Waals surface area (Å²) in [5.74, 6) is -0.0300. The molecule has 0 fully saturated rings. The van der Waals surface area contributed by atoms with E-state index in [-0.39, 0.29) is 5.91 Å². The summed E-state index contributed by atoms with van der Waals surface area (Å²) in [5, 5.41) is 11.6. The van der Waals surface area contributed by atoms with Gasteiger partial charge in [0.05, 0.1) is 11.6 Å². The normalized spacial score (nSPS) is 10.4. The Morgan fingerprint density at radius 2 is 2.22 bits per heavy atom. The summed E-state index contributed by atoms with van der Waals surface area (Å²) in [6, 6.07) is 9.40. The van der Waals surface area contributed by atoms with E-state index in [9.17, 15) is 4.79 Å². The van der Waals surface area contributed by atoms with Crippen molar-refractivity contribution in [1.82, 2.24) is 4.90 Å². The van der Waals surface area contributed by atoms with Crippen molar-refractivity contribution in [2.75, 3.05) is 18.9 Å². The molecule has 96 valence electrons. The third kappa shape index (κ3) is 4.56. The highest BCUT2D eigenvalue weighted by Gasteiger charge is 2.07. The van der Waals surface area contributed by atoms with Crippen LogP contribution in [0, 0.1) is 11.3 Å². The van der Waals surface area contributed by atoms with Gasteiger partial charge in [0.1, 0.15) is 0 Å². The number of carbonyl (C=O) groups excluding carboxylic acids is 1. The second kappa shape index (κ2) is 6.77. The molecular weight excluding hydrogens is 226 g/mol. The predicted octanol–water partition coefficient (Wildman–Crippen LogP) is 2.23. The van der Waals surface area contributed by atoms with Crippen molar-refractivity contribution < 1.29 is 4.79 Å². The van der Waals surface area contributed by atoms with Gasteiger partial charge in [0.2, 0.25) is 5.91 Å². The van der Waals surface area contributed by atoms with Crippen LogP contribution in [0.2, 0.25) is 0 Å². The molecule has 1 aromatic carbocycles. The zero-order chi connectivity index (χ0) is 13.5. The predicted molar refractivity (Wildman–Crippen MR) is 72.2 cm³/mol. The van der Waals surface area contributed by atoms with E-state index in [2.05, 4.69) is 24.1 Å². The molecule has 4 nitrogen and oxygen atoms in total. The SMILES string of the molecule is CC(C)N(C)CCC(=O)Nc1cccc(C#N)c1. The number of nitrogens with one attached hydrogen (secondary N) is 1. The lowest BCUT2D eigenvalue weighted by molar-refractivity contribution is -0.116. The van der Waals surface area contributed by atoms with Crippen LogP contribution in [0.15, 0.2) is 24.3 Å². The first-order valence-electron chi connectivity index (χ1n) is 6.03. The van der Waals surface area contributed by atoms with Crippen LogP contribution in [0.25, 0.3) is 0 Å². The molecule has 0 aliphatic carbocycles. The minimum atomic E-state index is -0.0300. The van der Waals surface area contributed by atoms with Crippen LogP contribution in [0.5, 0.6) is 0 Å². The van der Waals surface area contributed by atoms with Gasteiger partial charge in [0.25, 0.3) is 0 Å². The molecule has 0 radical (unpaired) electrons. The Balaban J connectivity index is 2.47. The minimum Gasteiger partial charge on any atom is -0.326 e. The Morgan fingerprint density at radius 1 is 1.50 bits per heavy atom. The lowest BCUT2D eigenvalue weighted by atomic mass is 10.2. The van der Waals surface area contributed by atoms with Crippen molar-refractivity contribution in [3.05, 3.63) is 29.8 Å². The van der Waals surface area contributed by atoms with Gasteiger partial charge < -0.3 is 10.2 Å². The minimum absolute atomic E-state index is 0.0300. The van der Waals surface area contributed by atoms with Crippen LogP contribution < -0.4 is 5.32 Å². The number of amides is 1. The van der Waals surface area contributed by atoms with Crippen LogP contribution in [-0.2, 0) is 4.79 Å². The molecular formula is C14H19N3O. The molecule has 0 spiro atoms. The summed E-state index contributed by atoms with van der Waals surface area (Å²) in [6.07, 6.45) is 0.450. The van der Waals surface area contributed by atoms with E-state index in [1.54, 1.807) is 24.3 Å². The summed E-state index contributed by atoms with van der Waals surface area (Å²) >= 11 is 0. The Kier molecular flexibility index (Phi) is 5.34. The maximum Gasteiger partial charge on any atom is 0.225 e. The number of nitriles is 1. The van der Waals surface area contributed by atoms with E-state index >= 15 is 0 Å². The maximum absolute atomic E-state index is 11.7. The zero-order valence-electron chi connectivity index (χ0n) is 11.1. The molecule has 0 saturated heterocycles. The summed E-state index contributed by atoms with van der Waals surface area (Å²) in [4.78, 5) is 13.8. The first kappa shape index (κ1) is 14.2. The van der Waals surface area contributed by atoms with Gasteiger partial charge in [-0.05, 0) is 39.1 Å². The Morgan fingerprint density at radius 3 is 2.83 bits per heavy atom. The van der Waals surface area contributed by atoms with Gasteiger partial charge in [-0.25, -0.2) is 0 Å². The molecule has 0 aliphatic rings. The molecule has 0 unspecified atom stereocenters. The molecule has 0 heterocycles. The van der Waals surface area contributed by atoms with E-state index < -0.39 is 0 Å². The van der Waals surface area contributed by atoms with E-state index in [0.29, 0.717) is 23.7 Å². The topological polar surface area (TPSA) is 56.1 Å². The van der Waals surface area contributed by atoms with E-state index in [1.807, 2.05) is 13.1 Å². The van der Waals surface area contributed by atoms with Crippen molar-refractivity contribution in [3.8, 4) is 6.07 Å². The van der Waals surface area contributed by atoms with Gasteiger partial charge in [-0.2, -0.15) is 5.26 Å². The van der Waals surface area contributed by atoms with Crippen molar-refractivity contribution in [3.63, 3.8) is 0 Å². The van der Waals surface area contributed by atoms with Gasteiger partial charge >= 0.3 is 0 Å². The smallest absolute Gasteiger partial charge is 0.225 e. The highest BCUT2D eigenvalue weighted by molar-refractivity contribution is 5.90. The number of nitrogens with zero attached hydrogens (tertiary/aromatic N) is 2. The van der Waals surface area contributed by atoms with Crippen LogP contribution in [0.4, 0.5) is 5.69 Å². The van der Waals surface area contributed by atoms with Gasteiger partial charge in [0.15, 0.2) is 0 Å². The molecule has 0 bridgehead atoms. The number of hydrogen-bond acceptors (Lipinski definition) is 3. The quantitative estimate of drug-likeness (QED) is 0.865. The van der Waals surface area contributed by atoms with Gasteiger partial charge in [0, 0.05) is 24.7 Å². The van der Waals surface area contributed by atoms with Crippen molar-refractivity contribution >= 4 is 11.6 Å². The summed E-state index contributed by atoms with van der Waals surface area (Å²) in [7, 11) is 1.99. The Bertz CT molecular complexity index is 449. The van der Waals surface area contributed by atoms with E-state index in [0.717, 1.165) is 6.54 Å². The molecule has 1 rings (SSSR count). The third-order valence-electron chi connectivity index (χ3n) is 2.85. The first-order chi connectivity index (χ1) is 8.52. The average molecular weight is 245 g/mol. The Labute approximate surface area is 108 Å². The van der Waals surface area contributed by atoms with Crippen molar-refractivity contribution in [2.24, 2.45) is 0 Å². The van der Waals surface area contributed by atoms with Crippen LogP contribution in [0.3, 0.4) is 0 Å². The molecule has 0 saturated carbocycles. The highest BCUT2D eigenvalue weighted by atomic mass is 16.1. The number of rotatable bonds is 5. The Hall–Kier alpha value is -1.86. The zero-order valence-corrected chi connectivity index (χ0v) is 11.1. The lowest BCUT2D eigenvalue weighted by Gasteiger charge is -2.20. The van der Waals surface area contributed by atoms with Gasteiger partial charge in [-0.1, -0.05) is 6.07 Å². The summed E-state index contributed by atoms with van der Waals surface area (Å²) < 4.78 is 0. The average Bonchev–Trinajstić information content (AvgIpc) is 2.36. The highest BCUT2D eigenvalue weighted by Crippen LogP contribution is 2.10. The number of hydrogen-bond donors (Lipinski definition) is 1. The number of carbonyl (C=O) groups is 1. The number of benzene rings is 1. The molecule has 0 aromatic heterocycles. The monoisotopic (exact) mass is 245 g/mol. The fourth-order valence-electron chi connectivity index (χ4n) is 1.43. The summed E-state index contributed by atoms with van der Waals surface area (Å²) in [5.41, 5.74) is 1.22. The van der Waals surface area contributed by atoms with Crippen LogP contribution in [0.1, 0.15) is 25.8 Å². The fourth-order valence-corrected chi connectivity index (χ4v) is 1.43.